The smallest absolute Gasteiger partial charge is 0.260 e. The molecular formula is C15H31N3O2. The van der Waals surface area contributed by atoms with E-state index < -0.39 is 6.04 Å². The second-order valence-electron chi connectivity index (χ2n) is 5.86. The molecule has 0 aromatic carbocycles. The summed E-state index contributed by atoms with van der Waals surface area (Å²) in [7, 11) is 0. The molecule has 0 aromatic heterocycles. The minimum atomic E-state index is -0.435. The van der Waals surface area contributed by atoms with Crippen LogP contribution in [-0.2, 0) is 9.63 Å². The molecule has 1 saturated carbocycles. The van der Waals surface area contributed by atoms with Crippen molar-refractivity contribution in [3.05, 3.63) is 0 Å². The Kier molecular flexibility index (Phi) is 9.62. The molecule has 0 bridgehead atoms. The van der Waals surface area contributed by atoms with Crippen molar-refractivity contribution in [1.82, 2.24) is 5.48 Å². The highest BCUT2D eigenvalue weighted by atomic mass is 16.6. The lowest BCUT2D eigenvalue weighted by molar-refractivity contribution is -0.135. The maximum atomic E-state index is 11.8. The summed E-state index contributed by atoms with van der Waals surface area (Å²) in [5, 5.41) is 0. The molecule has 5 nitrogen and oxygen atoms in total. The molecule has 1 rings (SSSR count). The highest BCUT2D eigenvalue weighted by Gasteiger charge is 2.21. The first-order chi connectivity index (χ1) is 9.74. The maximum Gasteiger partial charge on any atom is 0.260 e. The normalized spacial score (nSPS) is 17.9. The number of hydroxylamine groups is 1. The predicted octanol–water partition coefficient (Wildman–Crippen LogP) is 1.85. The van der Waals surface area contributed by atoms with E-state index in [1.807, 2.05) is 0 Å². The molecule has 0 aliphatic heterocycles. The zero-order chi connectivity index (χ0) is 14.6. The lowest BCUT2D eigenvalue weighted by atomic mass is 9.85. The van der Waals surface area contributed by atoms with Crippen LogP contribution >= 0.6 is 0 Å². The van der Waals surface area contributed by atoms with Gasteiger partial charge in [-0.1, -0.05) is 44.9 Å². The fraction of sp³-hybridized carbons (Fsp3) is 0.933. The van der Waals surface area contributed by atoms with Gasteiger partial charge in [0, 0.05) is 0 Å². The van der Waals surface area contributed by atoms with Gasteiger partial charge in [-0.3, -0.25) is 9.63 Å². The van der Waals surface area contributed by atoms with Crippen LogP contribution in [0.25, 0.3) is 0 Å². The van der Waals surface area contributed by atoms with E-state index in [0.29, 0.717) is 12.5 Å². The average molecular weight is 285 g/mol. The standard InChI is InChI=1S/C15H31N3O2/c16-10-6-1-2-7-11-20-18-15(19)14(17)12-13-8-4-3-5-9-13/h13-14H,1-12,16-17H2,(H,18,19)/t14-/m1/s1. The Balaban J connectivity index is 2.00. The molecule has 1 atom stereocenters. The van der Waals surface area contributed by atoms with Crippen LogP contribution in [0, 0.1) is 5.92 Å². The number of rotatable bonds is 10. The van der Waals surface area contributed by atoms with Crippen molar-refractivity contribution in [3.63, 3.8) is 0 Å². The molecule has 5 N–H and O–H groups in total. The van der Waals surface area contributed by atoms with Crippen molar-refractivity contribution >= 4 is 5.91 Å². The molecule has 1 aliphatic carbocycles. The summed E-state index contributed by atoms with van der Waals surface area (Å²) in [6.07, 6.45) is 11.3. The van der Waals surface area contributed by atoms with E-state index in [9.17, 15) is 4.79 Å². The lowest BCUT2D eigenvalue weighted by Gasteiger charge is -2.23. The summed E-state index contributed by atoms with van der Waals surface area (Å²) in [5.74, 6) is 0.429. The van der Waals surface area contributed by atoms with Crippen LogP contribution in [0.3, 0.4) is 0 Å². The van der Waals surface area contributed by atoms with E-state index >= 15 is 0 Å². The van der Waals surface area contributed by atoms with Gasteiger partial charge in [0.25, 0.3) is 5.91 Å². The third kappa shape index (κ3) is 7.82. The van der Waals surface area contributed by atoms with Gasteiger partial charge in [-0.2, -0.15) is 0 Å². The van der Waals surface area contributed by atoms with Gasteiger partial charge in [-0.05, 0) is 31.7 Å². The molecule has 118 valence electrons. The molecule has 0 saturated heterocycles. The van der Waals surface area contributed by atoms with E-state index in [-0.39, 0.29) is 5.91 Å². The van der Waals surface area contributed by atoms with Crippen LogP contribution in [0.15, 0.2) is 0 Å². The van der Waals surface area contributed by atoms with Crippen molar-refractivity contribution in [1.29, 1.82) is 0 Å². The zero-order valence-electron chi connectivity index (χ0n) is 12.6. The number of carbonyl (C=O) groups is 1. The Bertz CT molecular complexity index is 256. The molecule has 0 spiro atoms. The SMILES string of the molecule is NCCCCCCONC(=O)[C@H](N)CC1CCCCC1. The van der Waals surface area contributed by atoms with Crippen LogP contribution in [-0.4, -0.2) is 25.1 Å². The van der Waals surface area contributed by atoms with Gasteiger partial charge < -0.3 is 11.5 Å². The molecule has 0 aromatic rings. The van der Waals surface area contributed by atoms with Gasteiger partial charge in [0.1, 0.15) is 0 Å². The maximum absolute atomic E-state index is 11.8. The van der Waals surface area contributed by atoms with Gasteiger partial charge in [0.05, 0.1) is 12.6 Å². The molecule has 5 heteroatoms. The Morgan fingerprint density at radius 2 is 1.85 bits per heavy atom. The molecule has 20 heavy (non-hydrogen) atoms. The highest BCUT2D eigenvalue weighted by Crippen LogP contribution is 2.26. The largest absolute Gasteiger partial charge is 0.330 e. The van der Waals surface area contributed by atoms with Gasteiger partial charge >= 0.3 is 0 Å². The number of unbranched alkanes of at least 4 members (excludes halogenated alkanes) is 3. The minimum absolute atomic E-state index is 0.183. The first-order valence-corrected chi connectivity index (χ1v) is 8.11. The number of hydrogen-bond acceptors (Lipinski definition) is 4. The Morgan fingerprint density at radius 3 is 2.55 bits per heavy atom. The molecule has 0 heterocycles. The van der Waals surface area contributed by atoms with Crippen molar-refractivity contribution in [2.45, 2.75) is 70.3 Å². The predicted molar refractivity (Wildman–Crippen MR) is 80.8 cm³/mol. The topological polar surface area (TPSA) is 90.4 Å². The Labute approximate surface area is 122 Å². The van der Waals surface area contributed by atoms with E-state index in [0.717, 1.165) is 38.6 Å². The highest BCUT2D eigenvalue weighted by molar-refractivity contribution is 5.80. The molecule has 1 fully saturated rings. The first-order valence-electron chi connectivity index (χ1n) is 8.11. The monoisotopic (exact) mass is 285 g/mol. The molecule has 1 aliphatic rings. The van der Waals surface area contributed by atoms with Gasteiger partial charge in [0.2, 0.25) is 0 Å². The minimum Gasteiger partial charge on any atom is -0.330 e. The van der Waals surface area contributed by atoms with Crippen molar-refractivity contribution < 1.29 is 9.63 Å². The van der Waals surface area contributed by atoms with E-state index in [2.05, 4.69) is 5.48 Å². The molecular weight excluding hydrogens is 254 g/mol. The van der Waals surface area contributed by atoms with E-state index in [4.69, 9.17) is 16.3 Å². The quantitative estimate of drug-likeness (QED) is 0.422. The van der Waals surface area contributed by atoms with Gasteiger partial charge in [0.15, 0.2) is 0 Å². The Hall–Kier alpha value is -0.650. The fourth-order valence-corrected chi connectivity index (χ4v) is 2.76. The van der Waals surface area contributed by atoms with Crippen LogP contribution in [0.4, 0.5) is 0 Å². The van der Waals surface area contributed by atoms with Crippen LogP contribution in [0.2, 0.25) is 0 Å². The van der Waals surface area contributed by atoms with Crippen LogP contribution in [0.1, 0.15) is 64.2 Å². The van der Waals surface area contributed by atoms with Gasteiger partial charge in [-0.15, -0.1) is 0 Å². The van der Waals surface area contributed by atoms with E-state index in [1.54, 1.807) is 0 Å². The lowest BCUT2D eigenvalue weighted by Crippen LogP contribution is -2.42. The van der Waals surface area contributed by atoms with Crippen molar-refractivity contribution in [3.8, 4) is 0 Å². The number of nitrogens with two attached hydrogens (primary N) is 2. The summed E-state index contributed by atoms with van der Waals surface area (Å²) < 4.78 is 0. The third-order valence-corrected chi connectivity index (χ3v) is 4.02. The third-order valence-electron chi connectivity index (χ3n) is 4.02. The first kappa shape index (κ1) is 17.4. The van der Waals surface area contributed by atoms with Gasteiger partial charge in [-0.25, -0.2) is 5.48 Å². The second kappa shape index (κ2) is 11.1. The molecule has 1 amide bonds. The summed E-state index contributed by atoms with van der Waals surface area (Å²) in [4.78, 5) is 16.9. The summed E-state index contributed by atoms with van der Waals surface area (Å²) in [6, 6.07) is -0.435. The zero-order valence-corrected chi connectivity index (χ0v) is 12.6. The fourth-order valence-electron chi connectivity index (χ4n) is 2.76. The summed E-state index contributed by atoms with van der Waals surface area (Å²) in [6.45, 7) is 1.29. The number of nitrogens with one attached hydrogen (secondary N) is 1. The second-order valence-corrected chi connectivity index (χ2v) is 5.86. The Morgan fingerprint density at radius 1 is 1.15 bits per heavy atom. The number of hydrogen-bond donors (Lipinski definition) is 3. The average Bonchev–Trinajstić information content (AvgIpc) is 2.47. The van der Waals surface area contributed by atoms with Crippen molar-refractivity contribution in [2.24, 2.45) is 17.4 Å². The van der Waals surface area contributed by atoms with Crippen LogP contribution in [0.5, 0.6) is 0 Å². The molecule has 0 radical (unpaired) electrons. The van der Waals surface area contributed by atoms with E-state index in [1.165, 1.54) is 32.1 Å². The van der Waals surface area contributed by atoms with Crippen LogP contribution < -0.4 is 16.9 Å². The number of amides is 1. The number of carbonyl (C=O) groups excluding carboxylic acids is 1. The molecule has 0 unspecified atom stereocenters. The summed E-state index contributed by atoms with van der Waals surface area (Å²) >= 11 is 0. The van der Waals surface area contributed by atoms with Crippen molar-refractivity contribution in [2.75, 3.05) is 13.2 Å². The summed E-state index contributed by atoms with van der Waals surface area (Å²) in [5.41, 5.74) is 13.8.